The van der Waals surface area contributed by atoms with E-state index in [1.165, 1.54) is 12.1 Å². The fourth-order valence-corrected chi connectivity index (χ4v) is 3.36. The first-order valence-corrected chi connectivity index (χ1v) is 10.5. The molecule has 2 amide bonds. The van der Waals surface area contributed by atoms with Crippen LogP contribution in [0.4, 0.5) is 4.39 Å². The van der Waals surface area contributed by atoms with Crippen LogP contribution in [0.5, 0.6) is 0 Å². The molecule has 0 atom stereocenters. The van der Waals surface area contributed by atoms with Crippen LogP contribution in [0.1, 0.15) is 59.6 Å². The second-order valence-corrected chi connectivity index (χ2v) is 7.73. The van der Waals surface area contributed by atoms with Crippen molar-refractivity contribution < 1.29 is 18.4 Å². The summed E-state index contributed by atoms with van der Waals surface area (Å²) >= 11 is 0. The van der Waals surface area contributed by atoms with E-state index in [4.69, 9.17) is 4.42 Å². The Morgan fingerprint density at radius 3 is 2.61 bits per heavy atom. The molecule has 0 spiro atoms. The zero-order chi connectivity index (χ0) is 22.4. The molecule has 0 saturated heterocycles. The van der Waals surface area contributed by atoms with E-state index < -0.39 is 5.82 Å². The van der Waals surface area contributed by atoms with E-state index in [9.17, 15) is 14.0 Å². The van der Waals surface area contributed by atoms with Crippen LogP contribution >= 0.6 is 0 Å². The summed E-state index contributed by atoms with van der Waals surface area (Å²) in [4.78, 5) is 26.7. The van der Waals surface area contributed by atoms with Gasteiger partial charge in [0.05, 0.1) is 18.7 Å². The van der Waals surface area contributed by atoms with E-state index in [-0.39, 0.29) is 29.2 Å². The molecule has 3 aromatic rings. The number of amides is 2. The third-order valence-corrected chi connectivity index (χ3v) is 4.79. The summed E-state index contributed by atoms with van der Waals surface area (Å²) in [5.41, 5.74) is 0.962. The largest absolute Gasteiger partial charge is 0.454 e. The van der Waals surface area contributed by atoms with E-state index in [0.29, 0.717) is 25.4 Å². The highest BCUT2D eigenvalue weighted by atomic mass is 19.1. The van der Waals surface area contributed by atoms with Gasteiger partial charge in [0.1, 0.15) is 11.6 Å². The van der Waals surface area contributed by atoms with E-state index >= 15 is 0 Å². The monoisotopic (exact) mass is 425 g/mol. The van der Waals surface area contributed by atoms with Crippen LogP contribution in [0.3, 0.4) is 0 Å². The highest BCUT2D eigenvalue weighted by Gasteiger charge is 2.20. The second kappa shape index (κ2) is 10.1. The highest BCUT2D eigenvalue weighted by molar-refractivity contribution is 5.94. The van der Waals surface area contributed by atoms with Gasteiger partial charge in [0.2, 0.25) is 0 Å². The maximum Gasteiger partial charge on any atom is 0.287 e. The number of furan rings is 1. The number of hydrogen-bond donors (Lipinski definition) is 1. The first kappa shape index (κ1) is 22.3. The Morgan fingerprint density at radius 1 is 1.13 bits per heavy atom. The summed E-state index contributed by atoms with van der Waals surface area (Å²) in [5, 5.41) is 2.80. The van der Waals surface area contributed by atoms with Gasteiger partial charge in [-0.15, -0.1) is 0 Å². The van der Waals surface area contributed by atoms with Gasteiger partial charge in [-0.1, -0.05) is 19.1 Å². The van der Waals surface area contributed by atoms with Crippen LogP contribution in [-0.2, 0) is 13.1 Å². The highest BCUT2D eigenvalue weighted by Crippen LogP contribution is 2.17. The van der Waals surface area contributed by atoms with Crippen molar-refractivity contribution in [2.24, 2.45) is 0 Å². The molecule has 31 heavy (non-hydrogen) atoms. The molecular formula is C24H28FN3O3. The van der Waals surface area contributed by atoms with Crippen molar-refractivity contribution in [2.75, 3.05) is 6.54 Å². The van der Waals surface area contributed by atoms with Gasteiger partial charge in [-0.05, 0) is 56.7 Å². The molecule has 0 aliphatic rings. The van der Waals surface area contributed by atoms with Crippen LogP contribution in [0, 0.1) is 5.82 Å². The summed E-state index contributed by atoms with van der Waals surface area (Å²) in [6.45, 7) is 7.03. The smallest absolute Gasteiger partial charge is 0.287 e. The lowest BCUT2D eigenvalue weighted by Gasteiger charge is -2.23. The van der Waals surface area contributed by atoms with E-state index in [2.05, 4.69) is 5.32 Å². The summed E-state index contributed by atoms with van der Waals surface area (Å²) in [6.07, 6.45) is 2.65. The summed E-state index contributed by atoms with van der Waals surface area (Å²) in [7, 11) is 0. The zero-order valence-electron chi connectivity index (χ0n) is 18.1. The Morgan fingerprint density at radius 2 is 1.90 bits per heavy atom. The van der Waals surface area contributed by atoms with Crippen LogP contribution in [-0.4, -0.2) is 33.9 Å². The molecule has 0 aliphatic carbocycles. The Kier molecular flexibility index (Phi) is 7.28. The van der Waals surface area contributed by atoms with Crippen molar-refractivity contribution in [2.45, 2.75) is 46.3 Å². The standard InChI is InChI=1S/C24H28FN3O3/c1-4-13-28(24(30)20-9-5-6-10-21(20)25)15-18-8-7-14-27(18)16-19-11-12-22(31-19)23(29)26-17(2)3/h5-12,14,17H,4,13,15-16H2,1-3H3,(H,26,29). The Bertz CT molecular complexity index is 1040. The average Bonchev–Trinajstić information content (AvgIpc) is 3.37. The van der Waals surface area contributed by atoms with Crippen molar-refractivity contribution in [1.29, 1.82) is 0 Å². The lowest BCUT2D eigenvalue weighted by atomic mass is 10.1. The molecule has 0 bridgehead atoms. The molecule has 1 N–H and O–H groups in total. The predicted octanol–water partition coefficient (Wildman–Crippen LogP) is 4.46. The summed E-state index contributed by atoms with van der Waals surface area (Å²) in [6, 6.07) is 13.3. The number of benzene rings is 1. The third-order valence-electron chi connectivity index (χ3n) is 4.79. The van der Waals surface area contributed by atoms with Crippen molar-refractivity contribution in [1.82, 2.24) is 14.8 Å². The van der Waals surface area contributed by atoms with Gasteiger partial charge >= 0.3 is 0 Å². The number of carbonyl (C=O) groups excluding carboxylic acids is 2. The summed E-state index contributed by atoms with van der Waals surface area (Å²) in [5.74, 6) is -0.211. The molecule has 0 saturated carbocycles. The minimum atomic E-state index is -0.522. The molecule has 0 aliphatic heterocycles. The first-order chi connectivity index (χ1) is 14.9. The number of hydrogen-bond acceptors (Lipinski definition) is 3. The second-order valence-electron chi connectivity index (χ2n) is 7.73. The maximum atomic E-state index is 14.1. The van der Waals surface area contributed by atoms with E-state index in [1.807, 2.05) is 43.7 Å². The molecule has 3 rings (SSSR count). The minimum absolute atomic E-state index is 0.0219. The third kappa shape index (κ3) is 5.63. The molecular weight excluding hydrogens is 397 g/mol. The quantitative estimate of drug-likeness (QED) is 0.550. The molecule has 2 aromatic heterocycles. The molecule has 0 radical (unpaired) electrons. The van der Waals surface area contributed by atoms with E-state index in [0.717, 1.165) is 12.1 Å². The van der Waals surface area contributed by atoms with Crippen LogP contribution in [0.15, 0.2) is 59.1 Å². The van der Waals surface area contributed by atoms with Crippen LogP contribution in [0.2, 0.25) is 0 Å². The van der Waals surface area contributed by atoms with Gasteiger partial charge < -0.3 is 19.2 Å². The van der Waals surface area contributed by atoms with Crippen LogP contribution < -0.4 is 5.32 Å². The number of halogens is 1. The van der Waals surface area contributed by atoms with Gasteiger partial charge in [-0.25, -0.2) is 4.39 Å². The minimum Gasteiger partial charge on any atom is -0.454 e. The number of nitrogens with one attached hydrogen (secondary N) is 1. The van der Waals surface area contributed by atoms with Gasteiger partial charge in [0, 0.05) is 24.5 Å². The Balaban J connectivity index is 1.74. The Hall–Kier alpha value is -3.35. The number of rotatable bonds is 9. The topological polar surface area (TPSA) is 67.5 Å². The van der Waals surface area contributed by atoms with Gasteiger partial charge in [0.15, 0.2) is 5.76 Å². The SMILES string of the molecule is CCCN(Cc1cccn1Cc1ccc(C(=O)NC(C)C)o1)C(=O)c1ccccc1F. The zero-order valence-corrected chi connectivity index (χ0v) is 18.1. The van der Waals surface area contributed by atoms with Crippen molar-refractivity contribution in [3.05, 3.63) is 83.3 Å². The lowest BCUT2D eigenvalue weighted by Crippen LogP contribution is -2.32. The molecule has 1 aromatic carbocycles. The maximum absolute atomic E-state index is 14.1. The van der Waals surface area contributed by atoms with Crippen LogP contribution in [0.25, 0.3) is 0 Å². The Labute approximate surface area is 181 Å². The predicted molar refractivity (Wildman–Crippen MR) is 116 cm³/mol. The normalized spacial score (nSPS) is 11.0. The van der Waals surface area contributed by atoms with Gasteiger partial charge in [-0.2, -0.15) is 0 Å². The van der Waals surface area contributed by atoms with Crippen molar-refractivity contribution in [3.63, 3.8) is 0 Å². The lowest BCUT2D eigenvalue weighted by molar-refractivity contribution is 0.0734. The van der Waals surface area contributed by atoms with Gasteiger partial charge in [-0.3, -0.25) is 9.59 Å². The number of aromatic nitrogens is 1. The average molecular weight is 426 g/mol. The molecule has 164 valence electrons. The fourth-order valence-electron chi connectivity index (χ4n) is 3.36. The fraction of sp³-hybridized carbons (Fsp3) is 0.333. The van der Waals surface area contributed by atoms with Crippen molar-refractivity contribution >= 4 is 11.8 Å². The molecule has 2 heterocycles. The molecule has 7 heteroatoms. The van der Waals surface area contributed by atoms with Crippen molar-refractivity contribution in [3.8, 4) is 0 Å². The molecule has 0 fully saturated rings. The molecule has 6 nitrogen and oxygen atoms in total. The van der Waals surface area contributed by atoms with Gasteiger partial charge in [0.25, 0.3) is 11.8 Å². The summed E-state index contributed by atoms with van der Waals surface area (Å²) < 4.78 is 21.8. The van der Waals surface area contributed by atoms with E-state index in [1.54, 1.807) is 29.2 Å². The molecule has 0 unspecified atom stereocenters. The number of nitrogens with zero attached hydrogens (tertiary/aromatic N) is 2. The first-order valence-electron chi connectivity index (χ1n) is 10.5. The number of carbonyl (C=O) groups is 2.